The first kappa shape index (κ1) is 7.27. The summed E-state index contributed by atoms with van der Waals surface area (Å²) >= 11 is 0. The average Bonchev–Trinajstić information content (AvgIpc) is 2.65. The minimum atomic E-state index is 0.467. The van der Waals surface area contributed by atoms with Crippen molar-refractivity contribution in [1.29, 1.82) is 0 Å². The summed E-state index contributed by atoms with van der Waals surface area (Å²) in [5.74, 6) is 0.740. The third kappa shape index (κ3) is 1.30. The van der Waals surface area contributed by atoms with Crippen LogP contribution in [0.1, 0.15) is 12.8 Å². The minimum absolute atomic E-state index is 0.467. The van der Waals surface area contributed by atoms with Crippen LogP contribution in [0.5, 0.6) is 0 Å². The third-order valence-corrected chi connectivity index (χ3v) is 1.96. The normalized spacial score (nSPS) is 17.1. The van der Waals surface area contributed by atoms with Crippen LogP contribution < -0.4 is 5.32 Å². The molecule has 0 aromatic carbocycles. The van der Waals surface area contributed by atoms with Gasteiger partial charge in [-0.3, -0.25) is 0 Å². The molecule has 1 aliphatic carbocycles. The lowest BCUT2D eigenvalue weighted by atomic mass is 10.2. The van der Waals surface area contributed by atoms with Gasteiger partial charge >= 0.3 is 0 Å². The molecule has 0 fully saturated rings. The van der Waals surface area contributed by atoms with Crippen LogP contribution >= 0.6 is 0 Å². The highest BCUT2D eigenvalue weighted by atomic mass is 15.6. The molecule has 0 saturated heterocycles. The van der Waals surface area contributed by atoms with Crippen molar-refractivity contribution in [1.82, 2.24) is 20.2 Å². The van der Waals surface area contributed by atoms with Gasteiger partial charge in [-0.25, -0.2) is 4.68 Å². The number of hydrogen-bond acceptors (Lipinski definition) is 4. The van der Waals surface area contributed by atoms with Gasteiger partial charge in [-0.05, 0) is 23.3 Å². The Kier molecular flexibility index (Phi) is 1.77. The zero-order valence-electron chi connectivity index (χ0n) is 6.94. The standard InChI is InChI=1S/C7H11N5/c1-12-7(9-10-11-12)8-6-4-2-3-5-6/h2-3,6H,4-5H2,1H3,(H,8,9,11). The molecule has 1 aromatic heterocycles. The molecule has 0 atom stereocenters. The van der Waals surface area contributed by atoms with Gasteiger partial charge in [0.05, 0.1) is 0 Å². The van der Waals surface area contributed by atoms with Gasteiger partial charge < -0.3 is 5.32 Å². The van der Waals surface area contributed by atoms with Crippen LogP contribution in [0.15, 0.2) is 12.2 Å². The number of anilines is 1. The van der Waals surface area contributed by atoms with E-state index in [0.717, 1.165) is 18.8 Å². The van der Waals surface area contributed by atoms with Crippen LogP contribution in [0.25, 0.3) is 0 Å². The number of hydrogen-bond donors (Lipinski definition) is 1. The monoisotopic (exact) mass is 165 g/mol. The summed E-state index contributed by atoms with van der Waals surface area (Å²) in [6.45, 7) is 0. The van der Waals surface area contributed by atoms with E-state index in [9.17, 15) is 0 Å². The highest BCUT2D eigenvalue weighted by Gasteiger charge is 2.12. The Morgan fingerprint density at radius 1 is 1.50 bits per heavy atom. The van der Waals surface area contributed by atoms with E-state index in [1.165, 1.54) is 0 Å². The van der Waals surface area contributed by atoms with Crippen LogP contribution in [-0.4, -0.2) is 26.2 Å². The maximum absolute atomic E-state index is 3.84. The maximum Gasteiger partial charge on any atom is 0.242 e. The minimum Gasteiger partial charge on any atom is -0.350 e. The number of nitrogens with one attached hydrogen (secondary N) is 1. The van der Waals surface area contributed by atoms with Crippen molar-refractivity contribution in [3.05, 3.63) is 12.2 Å². The summed E-state index contributed by atoms with van der Waals surface area (Å²) in [5.41, 5.74) is 0. The molecule has 0 unspecified atom stereocenters. The fraction of sp³-hybridized carbons (Fsp3) is 0.571. The van der Waals surface area contributed by atoms with Crippen LogP contribution in [0.3, 0.4) is 0 Å². The van der Waals surface area contributed by atoms with Crippen molar-refractivity contribution >= 4 is 5.95 Å². The van der Waals surface area contributed by atoms with Crippen molar-refractivity contribution in [2.24, 2.45) is 7.05 Å². The van der Waals surface area contributed by atoms with Gasteiger partial charge in [-0.15, -0.1) is 0 Å². The zero-order valence-corrected chi connectivity index (χ0v) is 6.94. The van der Waals surface area contributed by atoms with Crippen molar-refractivity contribution in [3.8, 4) is 0 Å². The van der Waals surface area contributed by atoms with E-state index in [2.05, 4.69) is 33.0 Å². The Morgan fingerprint density at radius 3 is 2.83 bits per heavy atom. The second-order valence-electron chi connectivity index (χ2n) is 2.91. The molecule has 2 rings (SSSR count). The first-order chi connectivity index (χ1) is 5.86. The smallest absolute Gasteiger partial charge is 0.242 e. The molecule has 1 aliphatic rings. The van der Waals surface area contributed by atoms with E-state index in [4.69, 9.17) is 0 Å². The van der Waals surface area contributed by atoms with Crippen molar-refractivity contribution < 1.29 is 0 Å². The van der Waals surface area contributed by atoms with Crippen LogP contribution in [0.4, 0.5) is 5.95 Å². The Morgan fingerprint density at radius 2 is 2.25 bits per heavy atom. The summed E-state index contributed by atoms with van der Waals surface area (Å²) in [6, 6.07) is 0.467. The van der Waals surface area contributed by atoms with E-state index >= 15 is 0 Å². The highest BCUT2D eigenvalue weighted by molar-refractivity contribution is 5.25. The van der Waals surface area contributed by atoms with Crippen molar-refractivity contribution in [2.75, 3.05) is 5.32 Å². The molecule has 1 heterocycles. The number of aromatic nitrogens is 4. The average molecular weight is 165 g/mol. The molecular formula is C7H11N5. The topological polar surface area (TPSA) is 55.6 Å². The highest BCUT2D eigenvalue weighted by Crippen LogP contribution is 2.13. The summed E-state index contributed by atoms with van der Waals surface area (Å²) in [7, 11) is 1.82. The lowest BCUT2D eigenvalue weighted by Gasteiger charge is -2.10. The Labute approximate surface area is 70.5 Å². The van der Waals surface area contributed by atoms with E-state index in [1.54, 1.807) is 4.68 Å². The molecule has 1 aromatic rings. The molecule has 5 heteroatoms. The molecule has 0 saturated carbocycles. The molecule has 0 bridgehead atoms. The first-order valence-electron chi connectivity index (χ1n) is 4.00. The SMILES string of the molecule is Cn1nnnc1NC1CC=CC1. The Hall–Kier alpha value is -1.39. The molecular weight excluding hydrogens is 154 g/mol. The quantitative estimate of drug-likeness (QED) is 0.642. The van der Waals surface area contributed by atoms with E-state index < -0.39 is 0 Å². The Balaban J connectivity index is 1.99. The number of aryl methyl sites for hydroxylation is 1. The van der Waals surface area contributed by atoms with Gasteiger partial charge in [0, 0.05) is 13.1 Å². The number of tetrazole rings is 1. The lowest BCUT2D eigenvalue weighted by Crippen LogP contribution is -2.17. The van der Waals surface area contributed by atoms with Gasteiger partial charge in [0.1, 0.15) is 0 Å². The molecule has 0 aliphatic heterocycles. The van der Waals surface area contributed by atoms with Gasteiger partial charge in [-0.2, -0.15) is 0 Å². The van der Waals surface area contributed by atoms with Crippen molar-refractivity contribution in [3.63, 3.8) is 0 Å². The largest absolute Gasteiger partial charge is 0.350 e. The molecule has 0 amide bonds. The van der Waals surface area contributed by atoms with Gasteiger partial charge in [0.15, 0.2) is 0 Å². The Bertz CT molecular complexity index is 282. The van der Waals surface area contributed by atoms with Gasteiger partial charge in [0.2, 0.25) is 5.95 Å². The number of rotatable bonds is 2. The summed E-state index contributed by atoms with van der Waals surface area (Å²) in [4.78, 5) is 0. The fourth-order valence-corrected chi connectivity index (χ4v) is 1.27. The lowest BCUT2D eigenvalue weighted by molar-refractivity contribution is 0.697. The predicted molar refractivity (Wildman–Crippen MR) is 44.6 cm³/mol. The molecule has 12 heavy (non-hydrogen) atoms. The van der Waals surface area contributed by atoms with E-state index in [0.29, 0.717) is 6.04 Å². The van der Waals surface area contributed by atoms with Crippen LogP contribution in [0, 0.1) is 0 Å². The zero-order chi connectivity index (χ0) is 8.39. The molecule has 0 spiro atoms. The third-order valence-electron chi connectivity index (χ3n) is 1.96. The second kappa shape index (κ2) is 2.92. The van der Waals surface area contributed by atoms with Gasteiger partial charge in [0.25, 0.3) is 0 Å². The molecule has 0 radical (unpaired) electrons. The van der Waals surface area contributed by atoms with Crippen molar-refractivity contribution in [2.45, 2.75) is 18.9 Å². The molecule has 5 nitrogen and oxygen atoms in total. The first-order valence-corrected chi connectivity index (χ1v) is 4.00. The maximum atomic E-state index is 3.84. The van der Waals surface area contributed by atoms with Crippen LogP contribution in [0.2, 0.25) is 0 Å². The fourth-order valence-electron chi connectivity index (χ4n) is 1.27. The number of nitrogens with zero attached hydrogens (tertiary/aromatic N) is 4. The van der Waals surface area contributed by atoms with E-state index in [-0.39, 0.29) is 0 Å². The van der Waals surface area contributed by atoms with Crippen LogP contribution in [-0.2, 0) is 7.05 Å². The molecule has 64 valence electrons. The summed E-state index contributed by atoms with van der Waals surface area (Å²) < 4.78 is 1.64. The molecule has 1 N–H and O–H groups in total. The summed E-state index contributed by atoms with van der Waals surface area (Å²) in [5, 5.41) is 14.4. The van der Waals surface area contributed by atoms with Gasteiger partial charge in [-0.1, -0.05) is 17.3 Å². The predicted octanol–water partition coefficient (Wildman–Crippen LogP) is 0.341. The van der Waals surface area contributed by atoms with E-state index in [1.807, 2.05) is 7.05 Å². The second-order valence-corrected chi connectivity index (χ2v) is 2.91. The summed E-state index contributed by atoms with van der Waals surface area (Å²) in [6.07, 6.45) is 6.46.